The largest absolute Gasteiger partial charge is 0.363 e. The zero-order chi connectivity index (χ0) is 16.6. The molecule has 5 nitrogen and oxygen atoms in total. The molecular weight excluding hydrogens is 336 g/mol. The molecule has 0 aliphatic carbocycles. The minimum absolute atomic E-state index is 0.00979. The third-order valence-corrected chi connectivity index (χ3v) is 5.27. The van der Waals surface area contributed by atoms with E-state index in [1.54, 1.807) is 0 Å². The number of primary sulfonamides is 1. The number of anilines is 1. The van der Waals surface area contributed by atoms with E-state index >= 15 is 0 Å². The van der Waals surface area contributed by atoms with Crippen molar-refractivity contribution in [3.63, 3.8) is 0 Å². The van der Waals surface area contributed by atoms with Gasteiger partial charge in [-0.15, -0.1) is 0 Å². The van der Waals surface area contributed by atoms with Crippen LogP contribution < -0.4 is 10.0 Å². The Kier molecular flexibility index (Phi) is 4.14. The van der Waals surface area contributed by atoms with Crippen LogP contribution in [0.3, 0.4) is 0 Å². The van der Waals surface area contributed by atoms with Crippen LogP contribution >= 0.6 is 11.6 Å². The van der Waals surface area contributed by atoms with Crippen molar-refractivity contribution in [2.24, 2.45) is 5.14 Å². The summed E-state index contributed by atoms with van der Waals surface area (Å²) in [4.78, 5) is 14.2. The van der Waals surface area contributed by atoms with Gasteiger partial charge in [-0.05, 0) is 36.2 Å². The average molecular weight is 351 g/mol. The summed E-state index contributed by atoms with van der Waals surface area (Å²) in [7, 11) is -3.96. The van der Waals surface area contributed by atoms with Crippen molar-refractivity contribution < 1.29 is 13.2 Å². The standard InChI is InChI=1S/C16H15ClN2O3S/c17-13-6-5-12(9-16(13)23(18,21)22)15(20)10-19-8-7-11-3-1-2-4-14(11)19/h1-6,9H,7-8,10H2,(H2,18,21,22). The number of benzene rings is 2. The van der Waals surface area contributed by atoms with Gasteiger partial charge in [0.05, 0.1) is 11.6 Å². The van der Waals surface area contributed by atoms with Crippen LogP contribution in [0.25, 0.3) is 0 Å². The van der Waals surface area contributed by atoms with Crippen LogP contribution in [0, 0.1) is 0 Å². The fourth-order valence-corrected chi connectivity index (χ4v) is 3.80. The summed E-state index contributed by atoms with van der Waals surface area (Å²) in [6, 6.07) is 12.1. The predicted molar refractivity (Wildman–Crippen MR) is 89.5 cm³/mol. The Labute approximate surface area is 139 Å². The van der Waals surface area contributed by atoms with Crippen LogP contribution in [0.2, 0.25) is 5.02 Å². The lowest BCUT2D eigenvalue weighted by molar-refractivity contribution is 0.0999. The smallest absolute Gasteiger partial charge is 0.239 e. The van der Waals surface area contributed by atoms with Crippen molar-refractivity contribution in [2.75, 3.05) is 18.0 Å². The Bertz CT molecular complexity index is 881. The molecule has 0 spiro atoms. The summed E-state index contributed by atoms with van der Waals surface area (Å²) in [5, 5.41) is 5.13. The third-order valence-electron chi connectivity index (χ3n) is 3.88. The molecule has 0 radical (unpaired) electrons. The minimum atomic E-state index is -3.96. The van der Waals surface area contributed by atoms with Crippen molar-refractivity contribution >= 4 is 33.1 Å². The van der Waals surface area contributed by atoms with Gasteiger partial charge < -0.3 is 4.90 Å². The number of hydrogen-bond donors (Lipinski definition) is 1. The molecule has 1 aliphatic heterocycles. The zero-order valence-electron chi connectivity index (χ0n) is 12.2. The van der Waals surface area contributed by atoms with Gasteiger partial charge in [-0.2, -0.15) is 0 Å². The molecule has 0 aromatic heterocycles. The molecular formula is C16H15ClN2O3S. The number of Topliss-reactive ketones (excluding diaryl/α,β-unsaturated/α-hetero) is 1. The molecule has 23 heavy (non-hydrogen) atoms. The van der Waals surface area contributed by atoms with Crippen molar-refractivity contribution in [1.82, 2.24) is 0 Å². The molecule has 0 amide bonds. The molecule has 1 aliphatic rings. The number of carbonyl (C=O) groups excluding carboxylic acids is 1. The van der Waals surface area contributed by atoms with Crippen molar-refractivity contribution in [3.8, 4) is 0 Å². The van der Waals surface area contributed by atoms with E-state index in [1.807, 2.05) is 29.2 Å². The van der Waals surface area contributed by atoms with E-state index < -0.39 is 10.0 Å². The van der Waals surface area contributed by atoms with Gasteiger partial charge in [0.1, 0.15) is 4.90 Å². The highest BCUT2D eigenvalue weighted by Crippen LogP contribution is 2.28. The molecule has 0 fully saturated rings. The second-order valence-electron chi connectivity index (χ2n) is 5.41. The van der Waals surface area contributed by atoms with Gasteiger partial charge in [-0.1, -0.05) is 29.8 Å². The summed E-state index contributed by atoms with van der Waals surface area (Å²) in [6.45, 7) is 0.948. The number of hydrogen-bond acceptors (Lipinski definition) is 4. The van der Waals surface area contributed by atoms with Gasteiger partial charge in [0.25, 0.3) is 0 Å². The molecule has 0 unspecified atom stereocenters. The first-order valence-corrected chi connectivity index (χ1v) is 8.97. The Hall–Kier alpha value is -1.89. The number of fused-ring (bicyclic) bond motifs is 1. The van der Waals surface area contributed by atoms with Gasteiger partial charge in [0, 0.05) is 17.8 Å². The molecule has 2 aromatic carbocycles. The highest BCUT2D eigenvalue weighted by atomic mass is 35.5. The highest BCUT2D eigenvalue weighted by Gasteiger charge is 2.22. The Morgan fingerprint density at radius 2 is 1.96 bits per heavy atom. The summed E-state index contributed by atoms with van der Waals surface area (Å²) >= 11 is 5.84. The van der Waals surface area contributed by atoms with Gasteiger partial charge in [-0.25, -0.2) is 13.6 Å². The van der Waals surface area contributed by atoms with Crippen molar-refractivity contribution in [1.29, 1.82) is 0 Å². The number of nitrogens with zero attached hydrogens (tertiary/aromatic N) is 1. The third kappa shape index (κ3) is 3.24. The van der Waals surface area contributed by atoms with Crippen LogP contribution in [-0.4, -0.2) is 27.3 Å². The normalized spacial score (nSPS) is 13.9. The molecule has 1 heterocycles. The molecule has 0 atom stereocenters. The maximum Gasteiger partial charge on any atom is 0.239 e. The number of nitrogens with two attached hydrogens (primary N) is 1. The maximum atomic E-state index is 12.5. The summed E-state index contributed by atoms with van der Waals surface area (Å²) in [6.07, 6.45) is 0.895. The molecule has 3 rings (SSSR count). The number of carbonyl (C=O) groups is 1. The van der Waals surface area contributed by atoms with Crippen LogP contribution in [-0.2, 0) is 16.4 Å². The number of sulfonamides is 1. The Balaban J connectivity index is 1.85. The molecule has 2 aromatic rings. The van der Waals surface area contributed by atoms with Gasteiger partial charge in [0.15, 0.2) is 5.78 Å². The number of ketones is 1. The lowest BCUT2D eigenvalue weighted by Crippen LogP contribution is -2.28. The maximum absolute atomic E-state index is 12.5. The first-order chi connectivity index (χ1) is 10.9. The van der Waals surface area contributed by atoms with E-state index in [2.05, 4.69) is 0 Å². The van der Waals surface area contributed by atoms with Crippen LogP contribution in [0.4, 0.5) is 5.69 Å². The molecule has 0 saturated heterocycles. The Morgan fingerprint density at radius 1 is 1.22 bits per heavy atom. The molecule has 2 N–H and O–H groups in total. The van der Waals surface area contributed by atoms with Crippen LogP contribution in [0.1, 0.15) is 15.9 Å². The van der Waals surface area contributed by atoms with Gasteiger partial charge >= 0.3 is 0 Å². The summed E-state index contributed by atoms with van der Waals surface area (Å²) in [5.41, 5.74) is 2.53. The quantitative estimate of drug-likeness (QED) is 0.857. The highest BCUT2D eigenvalue weighted by molar-refractivity contribution is 7.89. The second kappa shape index (κ2) is 5.96. The molecule has 7 heteroatoms. The number of para-hydroxylation sites is 1. The lowest BCUT2D eigenvalue weighted by Gasteiger charge is -2.18. The number of halogens is 1. The van der Waals surface area contributed by atoms with Crippen molar-refractivity contribution in [3.05, 3.63) is 58.6 Å². The van der Waals surface area contributed by atoms with E-state index in [0.717, 1.165) is 18.7 Å². The predicted octanol–water partition coefficient (Wildman–Crippen LogP) is 2.23. The second-order valence-corrected chi connectivity index (χ2v) is 7.35. The van der Waals surface area contributed by atoms with Crippen LogP contribution in [0.15, 0.2) is 47.4 Å². The van der Waals surface area contributed by atoms with E-state index in [4.69, 9.17) is 16.7 Å². The van der Waals surface area contributed by atoms with E-state index in [1.165, 1.54) is 23.8 Å². The van der Waals surface area contributed by atoms with E-state index in [9.17, 15) is 13.2 Å². The van der Waals surface area contributed by atoms with E-state index in [0.29, 0.717) is 0 Å². The van der Waals surface area contributed by atoms with Gasteiger partial charge in [0.2, 0.25) is 10.0 Å². The topological polar surface area (TPSA) is 80.5 Å². The SMILES string of the molecule is NS(=O)(=O)c1cc(C(=O)CN2CCc3ccccc32)ccc1Cl. The Morgan fingerprint density at radius 3 is 2.70 bits per heavy atom. The van der Waals surface area contributed by atoms with Gasteiger partial charge in [-0.3, -0.25) is 4.79 Å². The average Bonchev–Trinajstić information content (AvgIpc) is 2.90. The summed E-state index contributed by atoms with van der Waals surface area (Å²) in [5.74, 6) is -0.178. The van der Waals surface area contributed by atoms with Crippen LogP contribution in [0.5, 0.6) is 0 Å². The minimum Gasteiger partial charge on any atom is -0.363 e. The first-order valence-electron chi connectivity index (χ1n) is 7.04. The lowest BCUT2D eigenvalue weighted by atomic mass is 10.1. The number of rotatable bonds is 4. The van der Waals surface area contributed by atoms with Crippen molar-refractivity contribution in [2.45, 2.75) is 11.3 Å². The fourth-order valence-electron chi connectivity index (χ4n) is 2.73. The molecule has 120 valence electrons. The molecule has 0 bridgehead atoms. The first kappa shape index (κ1) is 16.0. The summed E-state index contributed by atoms with van der Waals surface area (Å²) < 4.78 is 23.0. The molecule has 0 saturated carbocycles. The van der Waals surface area contributed by atoms with E-state index in [-0.39, 0.29) is 27.8 Å². The zero-order valence-corrected chi connectivity index (χ0v) is 13.8. The fraction of sp³-hybridized carbons (Fsp3) is 0.188. The monoisotopic (exact) mass is 350 g/mol.